The molecule has 2 N–H and O–H groups in total. The predicted molar refractivity (Wildman–Crippen MR) is 119 cm³/mol. The number of carbonyl (C=O) groups excluding carboxylic acids is 1. The molecule has 9 nitrogen and oxygen atoms in total. The van der Waals surface area contributed by atoms with Crippen molar-refractivity contribution in [3.8, 4) is 17.4 Å². The number of carbonyl (C=O) groups is 1. The summed E-state index contributed by atoms with van der Waals surface area (Å²) in [5.74, 6) is -2.33. The Morgan fingerprint density at radius 2 is 1.78 bits per heavy atom. The third-order valence-electron chi connectivity index (χ3n) is 5.64. The molecule has 3 aromatic rings. The Morgan fingerprint density at radius 3 is 2.38 bits per heavy atom. The molecule has 0 radical (unpaired) electrons. The van der Waals surface area contributed by atoms with Crippen molar-refractivity contribution >= 4 is 15.9 Å². The number of halogens is 4. The van der Waals surface area contributed by atoms with Crippen LogP contribution in [0, 0.1) is 12.7 Å². The molecule has 0 saturated heterocycles. The number of hydrogen-bond acceptors (Lipinski definition) is 7. The number of pyridine rings is 1. The molecular formula is C23H19F4N3O6S. The van der Waals surface area contributed by atoms with Crippen LogP contribution in [0.2, 0.25) is 0 Å². The van der Waals surface area contributed by atoms with Crippen molar-refractivity contribution in [1.82, 2.24) is 14.8 Å². The second-order valence-electron chi connectivity index (χ2n) is 7.95. The first-order valence-corrected chi connectivity index (χ1v) is 12.1. The van der Waals surface area contributed by atoms with Gasteiger partial charge in [0.25, 0.3) is 5.91 Å². The number of aromatic nitrogens is 1. The van der Waals surface area contributed by atoms with Crippen LogP contribution in [-0.4, -0.2) is 41.7 Å². The number of sulfonamides is 1. The maximum absolute atomic E-state index is 14.8. The number of aryl methyl sites for hydroxylation is 1. The van der Waals surface area contributed by atoms with Crippen molar-refractivity contribution in [2.75, 3.05) is 6.54 Å². The first kappa shape index (κ1) is 26.3. The van der Waals surface area contributed by atoms with Gasteiger partial charge in [0.2, 0.25) is 15.9 Å². The predicted octanol–water partition coefficient (Wildman–Crippen LogP) is 4.01. The highest BCUT2D eigenvalue weighted by atomic mass is 32.2. The van der Waals surface area contributed by atoms with Crippen LogP contribution in [0.5, 0.6) is 17.4 Å². The van der Waals surface area contributed by atoms with E-state index in [0.717, 1.165) is 34.8 Å². The number of nitrogens with zero attached hydrogens (tertiary/aromatic N) is 2. The van der Waals surface area contributed by atoms with Crippen molar-refractivity contribution < 1.29 is 45.5 Å². The Balaban J connectivity index is 1.58. The van der Waals surface area contributed by atoms with E-state index in [2.05, 4.69) is 9.72 Å². The van der Waals surface area contributed by atoms with Crippen LogP contribution >= 0.6 is 0 Å². The third-order valence-corrected chi connectivity index (χ3v) is 7.48. The van der Waals surface area contributed by atoms with Crippen molar-refractivity contribution in [3.63, 3.8) is 0 Å². The average molecular weight is 541 g/mol. The van der Waals surface area contributed by atoms with E-state index in [9.17, 15) is 36.0 Å². The topological polar surface area (TPSA) is 118 Å². The molecule has 1 amide bonds. The summed E-state index contributed by atoms with van der Waals surface area (Å²) in [6.45, 7) is 1.54. The van der Waals surface area contributed by atoms with Gasteiger partial charge in [-0.05, 0) is 60.9 Å². The molecular weight excluding hydrogens is 522 g/mol. The van der Waals surface area contributed by atoms with Crippen LogP contribution < -0.4 is 15.0 Å². The van der Waals surface area contributed by atoms with Crippen LogP contribution in [-0.2, 0) is 21.2 Å². The van der Waals surface area contributed by atoms with Gasteiger partial charge in [0, 0.05) is 18.2 Å². The highest BCUT2D eigenvalue weighted by Crippen LogP contribution is 2.37. The van der Waals surface area contributed by atoms with Gasteiger partial charge in [-0.3, -0.25) is 10.0 Å². The number of hydroxylamine groups is 1. The fourth-order valence-corrected chi connectivity index (χ4v) is 5.50. The van der Waals surface area contributed by atoms with Crippen LogP contribution in [0.15, 0.2) is 59.6 Å². The van der Waals surface area contributed by atoms with E-state index in [4.69, 9.17) is 4.74 Å². The largest absolute Gasteiger partial charge is 0.573 e. The zero-order valence-electron chi connectivity index (χ0n) is 19.0. The third kappa shape index (κ3) is 5.50. The minimum absolute atomic E-state index is 0.0706. The number of benzene rings is 2. The molecule has 4 rings (SSSR count). The lowest BCUT2D eigenvalue weighted by Gasteiger charge is -2.35. The number of fused-ring (bicyclic) bond motifs is 1. The summed E-state index contributed by atoms with van der Waals surface area (Å²) in [4.78, 5) is 16.1. The molecule has 0 bridgehead atoms. The number of rotatable bonds is 6. The molecule has 14 heteroatoms. The van der Waals surface area contributed by atoms with E-state index >= 15 is 0 Å². The maximum Gasteiger partial charge on any atom is 0.573 e. The number of nitrogens with one attached hydrogen (secondary N) is 1. The van der Waals surface area contributed by atoms with Gasteiger partial charge in [0.05, 0.1) is 6.20 Å². The Kier molecular flexibility index (Phi) is 7.08. The summed E-state index contributed by atoms with van der Waals surface area (Å²) in [7, 11) is -4.40. The number of amides is 1. The lowest BCUT2D eigenvalue weighted by atomic mass is 9.90. The summed E-state index contributed by atoms with van der Waals surface area (Å²) >= 11 is 0. The van der Waals surface area contributed by atoms with Crippen LogP contribution in [0.4, 0.5) is 17.6 Å². The molecule has 1 atom stereocenters. The Labute approximate surface area is 208 Å². The number of hydrogen-bond donors (Lipinski definition) is 2. The van der Waals surface area contributed by atoms with Crippen molar-refractivity contribution in [2.24, 2.45) is 0 Å². The molecule has 0 aliphatic carbocycles. The number of ether oxygens (including phenoxy) is 2. The maximum atomic E-state index is 14.8. The molecule has 2 aromatic carbocycles. The van der Waals surface area contributed by atoms with Gasteiger partial charge in [-0.15, -0.1) is 13.2 Å². The van der Waals surface area contributed by atoms with Gasteiger partial charge in [-0.1, -0.05) is 6.07 Å². The second kappa shape index (κ2) is 9.95. The zero-order chi connectivity index (χ0) is 27.0. The standard InChI is InChI=1S/C23H19F4N3O6S/c1-13-2-8-18(24)20-17(13)10-11-30(21(20)22(31)29-32)37(33,34)16-7-9-19(28-12-16)35-14-3-5-15(6-4-14)36-23(25,26)27/h2-9,12,21,32H,10-11H2,1H3,(H,29,31). The summed E-state index contributed by atoms with van der Waals surface area (Å²) in [6, 6.07) is 7.80. The van der Waals surface area contributed by atoms with Gasteiger partial charge >= 0.3 is 6.36 Å². The molecule has 37 heavy (non-hydrogen) atoms. The van der Waals surface area contributed by atoms with Gasteiger partial charge in [0.15, 0.2) is 0 Å². The van der Waals surface area contributed by atoms with E-state index in [1.165, 1.54) is 29.7 Å². The summed E-state index contributed by atoms with van der Waals surface area (Å²) in [5, 5.41) is 9.24. The van der Waals surface area contributed by atoms with E-state index in [1.54, 1.807) is 6.92 Å². The quantitative estimate of drug-likeness (QED) is 0.275. The summed E-state index contributed by atoms with van der Waals surface area (Å²) in [6.07, 6.45) is -3.75. The van der Waals surface area contributed by atoms with E-state index in [1.807, 2.05) is 0 Å². The zero-order valence-corrected chi connectivity index (χ0v) is 19.8. The van der Waals surface area contributed by atoms with Crippen molar-refractivity contribution in [1.29, 1.82) is 0 Å². The highest BCUT2D eigenvalue weighted by Gasteiger charge is 2.42. The van der Waals surface area contributed by atoms with Gasteiger partial charge in [-0.25, -0.2) is 23.3 Å². The smallest absolute Gasteiger partial charge is 0.439 e. The molecule has 0 saturated carbocycles. The van der Waals surface area contributed by atoms with Crippen LogP contribution in [0.25, 0.3) is 0 Å². The average Bonchev–Trinajstić information content (AvgIpc) is 2.85. The molecule has 0 spiro atoms. The fraction of sp³-hybridized carbons (Fsp3) is 0.217. The van der Waals surface area contributed by atoms with Crippen molar-refractivity contribution in [2.45, 2.75) is 30.6 Å². The first-order valence-electron chi connectivity index (χ1n) is 10.6. The first-order chi connectivity index (χ1) is 17.4. The highest BCUT2D eigenvalue weighted by molar-refractivity contribution is 7.89. The van der Waals surface area contributed by atoms with E-state index < -0.39 is 39.9 Å². The van der Waals surface area contributed by atoms with Crippen LogP contribution in [0.3, 0.4) is 0 Å². The van der Waals surface area contributed by atoms with Gasteiger partial charge in [-0.2, -0.15) is 4.31 Å². The van der Waals surface area contributed by atoms with E-state index in [-0.39, 0.29) is 35.1 Å². The normalized spacial score (nSPS) is 16.1. The van der Waals surface area contributed by atoms with Gasteiger partial charge < -0.3 is 9.47 Å². The van der Waals surface area contributed by atoms with Crippen LogP contribution in [0.1, 0.15) is 22.7 Å². The summed E-state index contributed by atoms with van der Waals surface area (Å²) < 4.78 is 88.4. The summed E-state index contributed by atoms with van der Waals surface area (Å²) in [5.41, 5.74) is 2.42. The van der Waals surface area contributed by atoms with Gasteiger partial charge in [0.1, 0.15) is 28.3 Å². The Morgan fingerprint density at radius 1 is 1.11 bits per heavy atom. The second-order valence-corrected chi connectivity index (χ2v) is 9.84. The lowest BCUT2D eigenvalue weighted by molar-refractivity contribution is -0.274. The molecule has 1 aliphatic rings. The molecule has 2 heterocycles. The Hall–Kier alpha value is -3.75. The van der Waals surface area contributed by atoms with Crippen molar-refractivity contribution in [3.05, 3.63) is 77.2 Å². The minimum Gasteiger partial charge on any atom is -0.439 e. The molecule has 1 aliphatic heterocycles. The molecule has 0 fully saturated rings. The molecule has 1 unspecified atom stereocenters. The monoisotopic (exact) mass is 541 g/mol. The lowest BCUT2D eigenvalue weighted by Crippen LogP contribution is -2.47. The minimum atomic E-state index is -4.84. The molecule has 1 aromatic heterocycles. The Bertz CT molecular complexity index is 1410. The SMILES string of the molecule is Cc1ccc(F)c2c1CCN(S(=O)(=O)c1ccc(Oc3ccc(OC(F)(F)F)cc3)nc1)C2C(=O)NO. The molecule has 196 valence electrons. The fourth-order valence-electron chi connectivity index (χ4n) is 3.99. The van der Waals surface area contributed by atoms with E-state index in [0.29, 0.717) is 11.1 Å². The number of alkyl halides is 3.